The Hall–Kier alpha value is -2.90. The van der Waals surface area contributed by atoms with Gasteiger partial charge in [0.2, 0.25) is 0 Å². The molecule has 0 unspecified atom stereocenters. The van der Waals surface area contributed by atoms with E-state index in [1.165, 1.54) is 0 Å². The topological polar surface area (TPSA) is 71.3 Å². The van der Waals surface area contributed by atoms with Crippen LogP contribution in [0.15, 0.2) is 42.6 Å². The maximum absolute atomic E-state index is 13.5. The maximum Gasteiger partial charge on any atom is 0.272 e. The molecule has 1 aromatic carbocycles. The van der Waals surface area contributed by atoms with E-state index in [0.29, 0.717) is 60.4 Å². The fourth-order valence-corrected chi connectivity index (χ4v) is 4.61. The fraction of sp³-hybridized carbons (Fsp3) is 0.304. The Labute approximate surface area is 195 Å². The predicted octanol–water partition coefficient (Wildman–Crippen LogP) is 3.83. The van der Waals surface area contributed by atoms with Crippen LogP contribution in [0.5, 0.6) is 0 Å². The van der Waals surface area contributed by atoms with Crippen molar-refractivity contribution in [2.75, 3.05) is 13.1 Å². The number of fused-ring (bicyclic) bond motifs is 3. The van der Waals surface area contributed by atoms with Crippen LogP contribution in [0.1, 0.15) is 44.2 Å². The van der Waals surface area contributed by atoms with Gasteiger partial charge in [-0.1, -0.05) is 29.3 Å². The highest BCUT2D eigenvalue weighted by Gasteiger charge is 2.34. The average Bonchev–Trinajstić information content (AvgIpc) is 3.10. The molecule has 2 aliphatic rings. The number of aromatic nitrogens is 3. The van der Waals surface area contributed by atoms with Gasteiger partial charge in [0.1, 0.15) is 5.69 Å². The Morgan fingerprint density at radius 2 is 1.94 bits per heavy atom. The standard InChI is InChI=1S/C23H21Cl2N5O2/c24-18-6-5-15(12-19(18)25)22(31)29-11-7-20-17(14-29)21-23(32)28(9-3-10-30(21)27-20)13-16-4-1-2-8-26-16/h1-2,4-6,8,12H,3,7,9-11,13-14H2. The van der Waals surface area contributed by atoms with E-state index in [2.05, 4.69) is 4.98 Å². The summed E-state index contributed by atoms with van der Waals surface area (Å²) >= 11 is 12.1. The van der Waals surface area contributed by atoms with Crippen LogP contribution in [-0.4, -0.2) is 49.5 Å². The summed E-state index contributed by atoms with van der Waals surface area (Å²) in [6, 6.07) is 10.6. The van der Waals surface area contributed by atoms with Gasteiger partial charge < -0.3 is 9.80 Å². The van der Waals surface area contributed by atoms with Gasteiger partial charge in [-0.3, -0.25) is 19.3 Å². The van der Waals surface area contributed by atoms with Crippen LogP contribution in [0.4, 0.5) is 0 Å². The molecule has 2 aliphatic heterocycles. The van der Waals surface area contributed by atoms with Gasteiger partial charge in [0, 0.05) is 43.4 Å². The van der Waals surface area contributed by atoms with Crippen molar-refractivity contribution in [3.63, 3.8) is 0 Å². The van der Waals surface area contributed by atoms with Crippen molar-refractivity contribution in [1.29, 1.82) is 0 Å². The lowest BCUT2D eigenvalue weighted by Crippen LogP contribution is -2.37. The summed E-state index contributed by atoms with van der Waals surface area (Å²) in [5.74, 6) is -0.202. The molecule has 0 N–H and O–H groups in total. The van der Waals surface area contributed by atoms with Gasteiger partial charge in [-0.15, -0.1) is 0 Å². The molecular weight excluding hydrogens is 449 g/mol. The second kappa shape index (κ2) is 8.56. The van der Waals surface area contributed by atoms with Crippen LogP contribution in [0.25, 0.3) is 0 Å². The highest BCUT2D eigenvalue weighted by molar-refractivity contribution is 6.42. The van der Waals surface area contributed by atoms with Gasteiger partial charge in [0.25, 0.3) is 11.8 Å². The molecule has 32 heavy (non-hydrogen) atoms. The minimum atomic E-state index is -0.138. The van der Waals surface area contributed by atoms with Crippen LogP contribution >= 0.6 is 23.2 Å². The third kappa shape index (κ3) is 3.87. The molecule has 0 fully saturated rings. The van der Waals surface area contributed by atoms with Gasteiger partial charge in [0.05, 0.1) is 34.5 Å². The van der Waals surface area contributed by atoms with Gasteiger partial charge >= 0.3 is 0 Å². The number of benzene rings is 1. The Kier molecular flexibility index (Phi) is 5.61. The molecule has 0 atom stereocenters. The summed E-state index contributed by atoms with van der Waals surface area (Å²) in [7, 11) is 0. The average molecular weight is 470 g/mol. The fourth-order valence-electron chi connectivity index (χ4n) is 4.31. The van der Waals surface area contributed by atoms with Crippen molar-refractivity contribution in [1.82, 2.24) is 24.6 Å². The molecular formula is C23H21Cl2N5O2. The molecule has 0 saturated carbocycles. The summed E-state index contributed by atoms with van der Waals surface area (Å²) in [6.45, 7) is 2.64. The second-order valence-electron chi connectivity index (χ2n) is 8.00. The number of halogens is 2. The monoisotopic (exact) mass is 469 g/mol. The minimum Gasteiger partial charge on any atom is -0.334 e. The number of hydrogen-bond donors (Lipinski definition) is 0. The number of nitrogens with zero attached hydrogens (tertiary/aromatic N) is 5. The molecule has 0 bridgehead atoms. The normalized spacial score (nSPS) is 15.9. The largest absolute Gasteiger partial charge is 0.334 e. The van der Waals surface area contributed by atoms with E-state index < -0.39 is 0 Å². The molecule has 3 aromatic rings. The second-order valence-corrected chi connectivity index (χ2v) is 8.82. The molecule has 0 spiro atoms. The minimum absolute atomic E-state index is 0.0641. The lowest BCUT2D eigenvalue weighted by atomic mass is 10.0. The quantitative estimate of drug-likeness (QED) is 0.584. The Bertz CT molecular complexity index is 1190. The number of carbonyl (C=O) groups is 2. The van der Waals surface area contributed by atoms with Crippen molar-refractivity contribution >= 4 is 35.0 Å². The first-order valence-electron chi connectivity index (χ1n) is 10.5. The van der Waals surface area contributed by atoms with E-state index in [9.17, 15) is 9.59 Å². The number of aryl methyl sites for hydroxylation is 1. The van der Waals surface area contributed by atoms with E-state index in [-0.39, 0.29) is 11.8 Å². The van der Waals surface area contributed by atoms with Gasteiger partial charge in [-0.2, -0.15) is 5.10 Å². The van der Waals surface area contributed by atoms with Crippen LogP contribution in [-0.2, 0) is 26.1 Å². The molecule has 2 amide bonds. The number of rotatable bonds is 3. The zero-order valence-corrected chi connectivity index (χ0v) is 18.8. The molecule has 0 aliphatic carbocycles. The van der Waals surface area contributed by atoms with Crippen molar-refractivity contribution in [3.8, 4) is 0 Å². The van der Waals surface area contributed by atoms with Crippen molar-refractivity contribution in [2.24, 2.45) is 0 Å². The molecule has 0 saturated heterocycles. The van der Waals surface area contributed by atoms with E-state index in [4.69, 9.17) is 28.3 Å². The maximum atomic E-state index is 13.5. The van der Waals surface area contributed by atoms with E-state index in [1.807, 2.05) is 27.8 Å². The van der Waals surface area contributed by atoms with E-state index >= 15 is 0 Å². The highest BCUT2D eigenvalue weighted by Crippen LogP contribution is 2.28. The molecule has 5 rings (SSSR count). The molecule has 164 valence electrons. The number of amides is 2. The summed E-state index contributed by atoms with van der Waals surface area (Å²) in [5, 5.41) is 5.46. The molecule has 2 aromatic heterocycles. The van der Waals surface area contributed by atoms with Crippen molar-refractivity contribution in [3.05, 3.63) is 80.8 Å². The lowest BCUT2D eigenvalue weighted by Gasteiger charge is -2.28. The number of carbonyl (C=O) groups excluding carboxylic acids is 2. The van der Waals surface area contributed by atoms with Gasteiger partial charge in [0.15, 0.2) is 0 Å². The Morgan fingerprint density at radius 3 is 2.72 bits per heavy atom. The van der Waals surface area contributed by atoms with Crippen LogP contribution in [0.3, 0.4) is 0 Å². The first kappa shape index (κ1) is 21.0. The van der Waals surface area contributed by atoms with E-state index in [0.717, 1.165) is 23.4 Å². The first-order valence-corrected chi connectivity index (χ1v) is 11.3. The smallest absolute Gasteiger partial charge is 0.272 e. The Morgan fingerprint density at radius 1 is 1.06 bits per heavy atom. The number of pyridine rings is 1. The Balaban J connectivity index is 1.42. The van der Waals surface area contributed by atoms with Crippen LogP contribution < -0.4 is 0 Å². The SMILES string of the molecule is O=C(c1ccc(Cl)c(Cl)c1)N1CCc2nn3c(c2C1)C(=O)N(Cc1ccccn1)CCC3. The summed E-state index contributed by atoms with van der Waals surface area (Å²) in [6.07, 6.45) is 3.16. The van der Waals surface area contributed by atoms with Gasteiger partial charge in [-0.25, -0.2) is 0 Å². The third-order valence-corrected chi connectivity index (χ3v) is 6.66. The van der Waals surface area contributed by atoms with Gasteiger partial charge in [-0.05, 0) is 36.8 Å². The zero-order chi connectivity index (χ0) is 22.2. The summed E-state index contributed by atoms with van der Waals surface area (Å²) in [4.78, 5) is 34.5. The zero-order valence-electron chi connectivity index (χ0n) is 17.3. The van der Waals surface area contributed by atoms with Crippen LogP contribution in [0, 0.1) is 0 Å². The molecule has 7 nitrogen and oxygen atoms in total. The third-order valence-electron chi connectivity index (χ3n) is 5.92. The molecule has 0 radical (unpaired) electrons. The lowest BCUT2D eigenvalue weighted by molar-refractivity contribution is 0.0710. The predicted molar refractivity (Wildman–Crippen MR) is 121 cm³/mol. The number of hydrogen-bond acceptors (Lipinski definition) is 4. The first-order chi connectivity index (χ1) is 15.5. The highest BCUT2D eigenvalue weighted by atomic mass is 35.5. The van der Waals surface area contributed by atoms with Crippen molar-refractivity contribution in [2.45, 2.75) is 32.5 Å². The summed E-state index contributed by atoms with van der Waals surface area (Å²) < 4.78 is 1.82. The molecule has 9 heteroatoms. The van der Waals surface area contributed by atoms with E-state index in [1.54, 1.807) is 29.3 Å². The summed E-state index contributed by atoms with van der Waals surface area (Å²) in [5.41, 5.74) is 3.64. The van der Waals surface area contributed by atoms with Crippen molar-refractivity contribution < 1.29 is 9.59 Å². The molecule has 4 heterocycles. The van der Waals surface area contributed by atoms with Crippen LogP contribution in [0.2, 0.25) is 10.0 Å².